The summed E-state index contributed by atoms with van der Waals surface area (Å²) in [6.07, 6.45) is 0. The second-order valence-corrected chi connectivity index (χ2v) is 6.91. The zero-order valence-electron chi connectivity index (χ0n) is 14.6. The molecule has 0 aliphatic rings. The number of carbonyl (C=O) groups excluding carboxylic acids is 1. The van der Waals surface area contributed by atoms with Gasteiger partial charge in [0.05, 0.1) is 0 Å². The largest absolute Gasteiger partial charge is 0.346 e. The second-order valence-electron chi connectivity index (χ2n) is 6.91. The molecule has 0 saturated heterocycles. The molecule has 1 aromatic heterocycles. The summed E-state index contributed by atoms with van der Waals surface area (Å²) in [6, 6.07) is 7.68. The average molecular weight is 312 g/mol. The lowest BCUT2D eigenvalue weighted by molar-refractivity contribution is 0.0913. The van der Waals surface area contributed by atoms with Crippen molar-refractivity contribution in [1.29, 1.82) is 0 Å². The van der Waals surface area contributed by atoms with Crippen LogP contribution in [0.4, 0.5) is 11.5 Å². The molecule has 0 radical (unpaired) electrons. The quantitative estimate of drug-likeness (QED) is 0.907. The van der Waals surface area contributed by atoms with Crippen molar-refractivity contribution < 1.29 is 4.79 Å². The molecule has 0 aliphatic heterocycles. The summed E-state index contributed by atoms with van der Waals surface area (Å²) in [7, 11) is 0. The molecule has 2 aromatic rings. The van der Waals surface area contributed by atoms with Gasteiger partial charge in [0.1, 0.15) is 0 Å². The van der Waals surface area contributed by atoms with Crippen LogP contribution >= 0.6 is 0 Å². The fraction of sp³-hybridized carbons (Fsp3) is 0.389. The van der Waals surface area contributed by atoms with Gasteiger partial charge in [0.2, 0.25) is 0 Å². The predicted octanol–water partition coefficient (Wildman–Crippen LogP) is 3.67. The number of nitrogens with one attached hydrogen (secondary N) is 2. The molecule has 0 bridgehead atoms. The van der Waals surface area contributed by atoms with Crippen molar-refractivity contribution in [2.24, 2.45) is 0 Å². The van der Waals surface area contributed by atoms with Crippen molar-refractivity contribution in [1.82, 2.24) is 15.5 Å². The summed E-state index contributed by atoms with van der Waals surface area (Å²) >= 11 is 0. The molecule has 0 fully saturated rings. The van der Waals surface area contributed by atoms with Crippen molar-refractivity contribution in [3.05, 3.63) is 46.6 Å². The van der Waals surface area contributed by atoms with E-state index in [9.17, 15) is 4.79 Å². The van der Waals surface area contributed by atoms with Gasteiger partial charge >= 0.3 is 0 Å². The molecule has 23 heavy (non-hydrogen) atoms. The van der Waals surface area contributed by atoms with Crippen molar-refractivity contribution in [2.45, 2.75) is 47.1 Å². The number of aromatic nitrogens is 2. The van der Waals surface area contributed by atoms with Gasteiger partial charge in [-0.1, -0.05) is 17.7 Å². The number of benzene rings is 1. The summed E-state index contributed by atoms with van der Waals surface area (Å²) in [5, 5.41) is 14.3. The summed E-state index contributed by atoms with van der Waals surface area (Å²) in [5.74, 6) is 0.395. The number of anilines is 2. The van der Waals surface area contributed by atoms with Crippen LogP contribution in [0.1, 0.15) is 48.0 Å². The maximum atomic E-state index is 12.0. The summed E-state index contributed by atoms with van der Waals surface area (Å²) in [6.45, 7) is 12.0. The Kier molecular flexibility index (Phi) is 4.68. The first-order chi connectivity index (χ1) is 10.7. The fourth-order valence-electron chi connectivity index (χ4n) is 2.43. The van der Waals surface area contributed by atoms with Gasteiger partial charge in [-0.3, -0.25) is 4.79 Å². The second kappa shape index (κ2) is 6.36. The first kappa shape index (κ1) is 16.9. The lowest BCUT2D eigenvalue weighted by Crippen LogP contribution is -2.41. The highest BCUT2D eigenvalue weighted by Crippen LogP contribution is 2.24. The lowest BCUT2D eigenvalue weighted by Gasteiger charge is -2.20. The van der Waals surface area contributed by atoms with Gasteiger partial charge in [0, 0.05) is 11.2 Å². The maximum absolute atomic E-state index is 12.0. The standard InChI is InChI=1S/C18H24N4O/c1-11-9-12(2)16(13(3)10-11)19-15-8-7-14(21-22-15)17(23)20-18(4,5)6/h7-10H,1-6H3,(H,19,22)(H,20,23). The number of aryl methyl sites for hydroxylation is 3. The average Bonchev–Trinajstić information content (AvgIpc) is 2.41. The summed E-state index contributed by atoms with van der Waals surface area (Å²) in [5.41, 5.74) is 4.56. The number of amides is 1. The van der Waals surface area contributed by atoms with E-state index in [2.05, 4.69) is 53.7 Å². The Hall–Kier alpha value is -2.43. The molecule has 0 atom stereocenters. The van der Waals surface area contributed by atoms with Gasteiger partial charge in [-0.15, -0.1) is 10.2 Å². The lowest BCUT2D eigenvalue weighted by atomic mass is 10.1. The van der Waals surface area contributed by atoms with E-state index in [-0.39, 0.29) is 11.4 Å². The molecule has 0 saturated carbocycles. The van der Waals surface area contributed by atoms with E-state index in [1.165, 1.54) is 5.56 Å². The van der Waals surface area contributed by atoms with Crippen LogP contribution in [0.15, 0.2) is 24.3 Å². The summed E-state index contributed by atoms with van der Waals surface area (Å²) < 4.78 is 0. The smallest absolute Gasteiger partial charge is 0.272 e. The van der Waals surface area contributed by atoms with Crippen LogP contribution in [-0.2, 0) is 0 Å². The number of hydrogen-bond donors (Lipinski definition) is 2. The number of nitrogens with zero attached hydrogens (tertiary/aromatic N) is 2. The minimum atomic E-state index is -0.300. The maximum Gasteiger partial charge on any atom is 0.272 e. The molecule has 0 unspecified atom stereocenters. The van der Waals surface area contributed by atoms with Crippen LogP contribution in [-0.4, -0.2) is 21.6 Å². The molecule has 1 aromatic carbocycles. The van der Waals surface area contributed by atoms with Crippen molar-refractivity contribution in [3.63, 3.8) is 0 Å². The SMILES string of the molecule is Cc1cc(C)c(Nc2ccc(C(=O)NC(C)(C)C)nn2)c(C)c1. The van der Waals surface area contributed by atoms with Gasteiger partial charge in [-0.25, -0.2) is 0 Å². The van der Waals surface area contributed by atoms with Gasteiger partial charge in [0.25, 0.3) is 5.91 Å². The third-order valence-corrected chi connectivity index (χ3v) is 3.32. The Labute approximate surface area is 137 Å². The molecule has 122 valence electrons. The molecular formula is C18H24N4O. The highest BCUT2D eigenvalue weighted by atomic mass is 16.2. The van der Waals surface area contributed by atoms with Crippen LogP contribution in [0.2, 0.25) is 0 Å². The Morgan fingerprint density at radius 2 is 1.61 bits per heavy atom. The van der Waals surface area contributed by atoms with Crippen LogP contribution in [0.25, 0.3) is 0 Å². The number of carbonyl (C=O) groups is 1. The highest BCUT2D eigenvalue weighted by Gasteiger charge is 2.16. The van der Waals surface area contributed by atoms with Crippen LogP contribution < -0.4 is 10.6 Å². The molecule has 0 aliphatic carbocycles. The zero-order chi connectivity index (χ0) is 17.2. The van der Waals surface area contributed by atoms with Crippen LogP contribution in [0.3, 0.4) is 0 Å². The monoisotopic (exact) mass is 312 g/mol. The molecule has 1 amide bonds. The van der Waals surface area contributed by atoms with Crippen LogP contribution in [0.5, 0.6) is 0 Å². The zero-order valence-corrected chi connectivity index (χ0v) is 14.6. The molecular weight excluding hydrogens is 288 g/mol. The van der Waals surface area contributed by atoms with Gasteiger partial charge in [0.15, 0.2) is 11.5 Å². The third kappa shape index (κ3) is 4.52. The Balaban J connectivity index is 2.16. The van der Waals surface area contributed by atoms with Gasteiger partial charge < -0.3 is 10.6 Å². The van der Waals surface area contributed by atoms with E-state index in [0.717, 1.165) is 16.8 Å². The predicted molar refractivity (Wildman–Crippen MR) is 93.2 cm³/mol. The van der Waals surface area contributed by atoms with E-state index in [1.807, 2.05) is 20.8 Å². The molecule has 0 spiro atoms. The van der Waals surface area contributed by atoms with Gasteiger partial charge in [-0.05, 0) is 64.8 Å². The highest BCUT2D eigenvalue weighted by molar-refractivity contribution is 5.92. The van der Waals surface area contributed by atoms with Gasteiger partial charge in [-0.2, -0.15) is 0 Å². The Morgan fingerprint density at radius 1 is 1.00 bits per heavy atom. The summed E-state index contributed by atoms with van der Waals surface area (Å²) in [4.78, 5) is 12.0. The minimum absolute atomic E-state index is 0.223. The Bertz CT molecular complexity index is 692. The van der Waals surface area contributed by atoms with E-state index in [1.54, 1.807) is 12.1 Å². The first-order valence-corrected chi connectivity index (χ1v) is 7.67. The van der Waals surface area contributed by atoms with Crippen LogP contribution in [0, 0.1) is 20.8 Å². The molecule has 2 rings (SSSR count). The van der Waals surface area contributed by atoms with Crippen molar-refractivity contribution in [3.8, 4) is 0 Å². The third-order valence-electron chi connectivity index (χ3n) is 3.32. The number of hydrogen-bond acceptors (Lipinski definition) is 4. The topological polar surface area (TPSA) is 66.9 Å². The normalized spacial score (nSPS) is 11.2. The first-order valence-electron chi connectivity index (χ1n) is 7.67. The van der Waals surface area contributed by atoms with E-state index in [4.69, 9.17) is 0 Å². The molecule has 2 N–H and O–H groups in total. The minimum Gasteiger partial charge on any atom is -0.346 e. The van der Waals surface area contributed by atoms with Crippen molar-refractivity contribution >= 4 is 17.4 Å². The molecule has 1 heterocycles. The van der Waals surface area contributed by atoms with E-state index >= 15 is 0 Å². The fourth-order valence-corrected chi connectivity index (χ4v) is 2.43. The van der Waals surface area contributed by atoms with E-state index < -0.39 is 0 Å². The molecule has 5 heteroatoms. The Morgan fingerprint density at radius 3 is 2.09 bits per heavy atom. The molecule has 5 nitrogen and oxygen atoms in total. The van der Waals surface area contributed by atoms with E-state index in [0.29, 0.717) is 11.5 Å². The number of rotatable bonds is 3. The van der Waals surface area contributed by atoms with Crippen molar-refractivity contribution in [2.75, 3.05) is 5.32 Å².